The number of carbonyl (C=O) groups is 1. The first-order valence-electron chi connectivity index (χ1n) is 9.36. The number of nitrogens with one attached hydrogen (secondary N) is 2. The number of aryl methyl sites for hydroxylation is 1. The fraction of sp³-hybridized carbons (Fsp3) is 0.350. The topological polar surface area (TPSA) is 86.8 Å². The summed E-state index contributed by atoms with van der Waals surface area (Å²) in [5, 5.41) is 10.2. The van der Waals surface area contributed by atoms with Gasteiger partial charge in [-0.15, -0.1) is 0 Å². The lowest BCUT2D eigenvalue weighted by Crippen LogP contribution is -2.38. The quantitative estimate of drug-likeness (QED) is 0.745. The Labute approximate surface area is 157 Å². The molecule has 0 spiro atoms. The third-order valence-corrected chi connectivity index (χ3v) is 5.29. The summed E-state index contributed by atoms with van der Waals surface area (Å²) in [6.07, 6.45) is 4.64. The fourth-order valence-electron chi connectivity index (χ4n) is 3.77. The highest BCUT2D eigenvalue weighted by Gasteiger charge is 2.27. The average Bonchev–Trinajstić information content (AvgIpc) is 3.34. The van der Waals surface area contributed by atoms with Gasteiger partial charge >= 0.3 is 0 Å². The number of H-pyrrole nitrogens is 2. The third kappa shape index (κ3) is 3.32. The van der Waals surface area contributed by atoms with Gasteiger partial charge < -0.3 is 4.90 Å². The van der Waals surface area contributed by atoms with E-state index in [0.29, 0.717) is 30.4 Å². The van der Waals surface area contributed by atoms with Crippen LogP contribution in [0.15, 0.2) is 47.4 Å². The fourth-order valence-corrected chi connectivity index (χ4v) is 3.77. The maximum Gasteiger partial charge on any atom is 0.271 e. The Morgan fingerprint density at radius 1 is 1.22 bits per heavy atom. The van der Waals surface area contributed by atoms with Crippen LogP contribution in [0.4, 0.5) is 0 Å². The van der Waals surface area contributed by atoms with Crippen LogP contribution in [0.3, 0.4) is 0 Å². The minimum atomic E-state index is -0.232. The van der Waals surface area contributed by atoms with Gasteiger partial charge in [-0.2, -0.15) is 5.10 Å². The molecule has 1 aromatic carbocycles. The molecule has 2 aromatic heterocycles. The second-order valence-corrected chi connectivity index (χ2v) is 6.91. The number of aromatic amines is 2. The molecule has 1 fully saturated rings. The number of hydrogen-bond acceptors (Lipinski definition) is 3. The van der Waals surface area contributed by atoms with E-state index < -0.39 is 0 Å². The molecule has 2 N–H and O–H groups in total. The zero-order valence-electron chi connectivity index (χ0n) is 15.3. The highest BCUT2D eigenvalue weighted by molar-refractivity contribution is 5.92. The largest absolute Gasteiger partial charge is 0.337 e. The Morgan fingerprint density at radius 3 is 2.67 bits per heavy atom. The summed E-state index contributed by atoms with van der Waals surface area (Å²) >= 11 is 0. The number of nitrogens with zero attached hydrogens (tertiary/aromatic N) is 3. The van der Waals surface area contributed by atoms with E-state index in [0.717, 1.165) is 19.3 Å². The minimum Gasteiger partial charge on any atom is -0.337 e. The van der Waals surface area contributed by atoms with Crippen molar-refractivity contribution in [3.8, 4) is 5.69 Å². The van der Waals surface area contributed by atoms with Crippen LogP contribution in [0.5, 0.6) is 0 Å². The first kappa shape index (κ1) is 17.3. The molecule has 140 valence electrons. The SMILES string of the molecule is CCc1cn[nH]c1C1CCN(C(=O)c2cc(=O)n(-c3ccccc3)[nH]2)CC1. The van der Waals surface area contributed by atoms with Crippen molar-refractivity contribution < 1.29 is 4.79 Å². The standard InChI is InChI=1S/C20H23N5O2/c1-2-14-13-21-22-19(14)15-8-10-24(11-9-15)20(27)17-12-18(26)25(23-17)16-6-4-3-5-7-16/h3-7,12-13,15,23H,2,8-11H2,1H3,(H,21,22). The van der Waals surface area contributed by atoms with Crippen LogP contribution >= 0.6 is 0 Å². The van der Waals surface area contributed by atoms with E-state index in [9.17, 15) is 9.59 Å². The van der Waals surface area contributed by atoms with Crippen LogP contribution in [0.1, 0.15) is 47.4 Å². The summed E-state index contributed by atoms with van der Waals surface area (Å²) in [6, 6.07) is 10.6. The lowest BCUT2D eigenvalue weighted by atomic mass is 9.90. The van der Waals surface area contributed by atoms with Gasteiger partial charge in [0.1, 0.15) is 5.69 Å². The van der Waals surface area contributed by atoms with Crippen LogP contribution in [-0.2, 0) is 6.42 Å². The molecule has 4 rings (SSSR count). The van der Waals surface area contributed by atoms with E-state index in [1.54, 1.807) is 0 Å². The molecule has 7 heteroatoms. The summed E-state index contributed by atoms with van der Waals surface area (Å²) < 4.78 is 1.40. The first-order chi connectivity index (χ1) is 13.2. The number of likely N-dealkylation sites (tertiary alicyclic amines) is 1. The Kier molecular flexibility index (Phi) is 4.66. The highest BCUT2D eigenvalue weighted by Crippen LogP contribution is 2.29. The summed E-state index contributed by atoms with van der Waals surface area (Å²) in [5.41, 5.74) is 3.27. The van der Waals surface area contributed by atoms with Crippen molar-refractivity contribution in [2.75, 3.05) is 13.1 Å². The predicted octanol–water partition coefficient (Wildman–Crippen LogP) is 2.47. The Bertz CT molecular complexity index is 977. The molecule has 0 radical (unpaired) electrons. The smallest absolute Gasteiger partial charge is 0.271 e. The van der Waals surface area contributed by atoms with Crippen LogP contribution in [0.2, 0.25) is 0 Å². The second kappa shape index (κ2) is 7.26. The number of piperidine rings is 1. The van der Waals surface area contributed by atoms with Crippen molar-refractivity contribution in [2.24, 2.45) is 0 Å². The Balaban J connectivity index is 1.46. The van der Waals surface area contributed by atoms with Gasteiger partial charge in [0.15, 0.2) is 0 Å². The monoisotopic (exact) mass is 365 g/mol. The lowest BCUT2D eigenvalue weighted by molar-refractivity contribution is 0.0705. The van der Waals surface area contributed by atoms with Crippen LogP contribution in [0.25, 0.3) is 5.69 Å². The van der Waals surface area contributed by atoms with Crippen molar-refractivity contribution in [3.05, 3.63) is 69.9 Å². The van der Waals surface area contributed by atoms with Crippen LogP contribution in [-0.4, -0.2) is 43.9 Å². The van der Waals surface area contributed by atoms with E-state index in [4.69, 9.17) is 0 Å². The van der Waals surface area contributed by atoms with Gasteiger partial charge in [0.05, 0.1) is 11.9 Å². The zero-order chi connectivity index (χ0) is 18.8. The molecule has 3 heterocycles. The number of para-hydroxylation sites is 1. The minimum absolute atomic E-state index is 0.124. The van der Waals surface area contributed by atoms with Gasteiger partial charge in [-0.1, -0.05) is 25.1 Å². The van der Waals surface area contributed by atoms with E-state index in [2.05, 4.69) is 22.2 Å². The highest BCUT2D eigenvalue weighted by atomic mass is 16.2. The van der Waals surface area contributed by atoms with Gasteiger partial charge in [-0.25, -0.2) is 4.68 Å². The van der Waals surface area contributed by atoms with Crippen molar-refractivity contribution in [1.29, 1.82) is 0 Å². The number of aromatic nitrogens is 4. The molecule has 0 atom stereocenters. The second-order valence-electron chi connectivity index (χ2n) is 6.91. The van der Waals surface area contributed by atoms with Gasteiger partial charge in [0, 0.05) is 30.8 Å². The average molecular weight is 365 g/mol. The van der Waals surface area contributed by atoms with Gasteiger partial charge in [0.25, 0.3) is 11.5 Å². The summed E-state index contributed by atoms with van der Waals surface area (Å²) in [4.78, 5) is 26.9. The van der Waals surface area contributed by atoms with Crippen molar-refractivity contribution in [3.63, 3.8) is 0 Å². The van der Waals surface area contributed by atoms with Crippen molar-refractivity contribution in [2.45, 2.75) is 32.1 Å². The normalized spacial score (nSPS) is 15.2. The summed E-state index contributed by atoms with van der Waals surface area (Å²) in [6.45, 7) is 3.47. The summed E-state index contributed by atoms with van der Waals surface area (Å²) in [5.74, 6) is 0.278. The third-order valence-electron chi connectivity index (χ3n) is 5.29. The maximum atomic E-state index is 12.8. The molecule has 1 aliphatic rings. The van der Waals surface area contributed by atoms with Crippen LogP contribution in [0, 0.1) is 0 Å². The number of benzene rings is 1. The molecule has 1 aliphatic heterocycles. The molecular weight excluding hydrogens is 342 g/mol. The number of carbonyl (C=O) groups excluding carboxylic acids is 1. The molecule has 0 bridgehead atoms. The maximum absolute atomic E-state index is 12.8. The Hall–Kier alpha value is -3.09. The van der Waals surface area contributed by atoms with Crippen LogP contribution < -0.4 is 5.56 Å². The number of hydrogen-bond donors (Lipinski definition) is 2. The molecular formula is C20H23N5O2. The van der Waals surface area contributed by atoms with E-state index >= 15 is 0 Å². The predicted molar refractivity (Wildman–Crippen MR) is 102 cm³/mol. The number of amides is 1. The van der Waals surface area contributed by atoms with E-state index in [-0.39, 0.29) is 11.5 Å². The first-order valence-corrected chi connectivity index (χ1v) is 9.36. The summed E-state index contributed by atoms with van der Waals surface area (Å²) in [7, 11) is 0. The molecule has 1 saturated heterocycles. The molecule has 27 heavy (non-hydrogen) atoms. The van der Waals surface area contributed by atoms with E-state index in [1.165, 1.54) is 22.0 Å². The van der Waals surface area contributed by atoms with Crippen molar-refractivity contribution in [1.82, 2.24) is 24.9 Å². The van der Waals surface area contributed by atoms with Gasteiger partial charge in [-0.05, 0) is 37.0 Å². The van der Waals surface area contributed by atoms with Gasteiger partial charge in [-0.3, -0.25) is 19.8 Å². The molecule has 0 unspecified atom stereocenters. The van der Waals surface area contributed by atoms with E-state index in [1.807, 2.05) is 41.4 Å². The molecule has 0 aliphatic carbocycles. The molecule has 7 nitrogen and oxygen atoms in total. The zero-order valence-corrected chi connectivity index (χ0v) is 15.3. The molecule has 0 saturated carbocycles. The molecule has 1 amide bonds. The number of rotatable bonds is 4. The Morgan fingerprint density at radius 2 is 1.96 bits per heavy atom. The lowest BCUT2D eigenvalue weighted by Gasteiger charge is -2.31. The van der Waals surface area contributed by atoms with Crippen molar-refractivity contribution >= 4 is 5.91 Å². The van der Waals surface area contributed by atoms with Gasteiger partial charge in [0.2, 0.25) is 0 Å². The molecule has 3 aromatic rings.